The van der Waals surface area contributed by atoms with Crippen molar-refractivity contribution in [2.75, 3.05) is 13.1 Å². The lowest BCUT2D eigenvalue weighted by Crippen LogP contribution is -2.38. The summed E-state index contributed by atoms with van der Waals surface area (Å²) >= 11 is 5.79. The lowest BCUT2D eigenvalue weighted by Gasteiger charge is -2.22. The first-order chi connectivity index (χ1) is 8.81. The Labute approximate surface area is 115 Å². The first-order valence-corrected chi connectivity index (χ1v) is 6.28. The molecule has 1 amide bonds. The third-order valence-corrected chi connectivity index (χ3v) is 2.86. The van der Waals surface area contributed by atoms with Gasteiger partial charge in [-0.3, -0.25) is 4.79 Å². The maximum atomic E-state index is 12.3. The fourth-order valence-corrected chi connectivity index (χ4v) is 1.91. The minimum atomic E-state index is -4.36. The van der Waals surface area contributed by atoms with Crippen LogP contribution >= 0.6 is 11.6 Å². The molecular formula is C13H15ClF3NO. The van der Waals surface area contributed by atoms with Crippen molar-refractivity contribution >= 4 is 17.5 Å². The van der Waals surface area contributed by atoms with Gasteiger partial charge in [-0.2, -0.15) is 13.2 Å². The normalized spacial score (nSPS) is 11.4. The zero-order valence-electron chi connectivity index (χ0n) is 10.5. The van der Waals surface area contributed by atoms with E-state index in [1.54, 1.807) is 24.3 Å². The lowest BCUT2D eigenvalue weighted by atomic mass is 10.1. The number of nitrogens with zero attached hydrogens (tertiary/aromatic N) is 1. The predicted molar refractivity (Wildman–Crippen MR) is 68.1 cm³/mol. The Morgan fingerprint density at radius 2 is 2.05 bits per heavy atom. The monoisotopic (exact) mass is 293 g/mol. The molecule has 0 aliphatic heterocycles. The molecule has 2 nitrogen and oxygen atoms in total. The van der Waals surface area contributed by atoms with E-state index in [1.165, 1.54) is 6.92 Å². The zero-order valence-corrected chi connectivity index (χ0v) is 11.3. The molecule has 0 atom stereocenters. The predicted octanol–water partition coefficient (Wildman–Crippen LogP) is 3.68. The first-order valence-electron chi connectivity index (χ1n) is 5.91. The van der Waals surface area contributed by atoms with E-state index in [0.29, 0.717) is 11.4 Å². The van der Waals surface area contributed by atoms with Crippen molar-refractivity contribution in [1.82, 2.24) is 4.90 Å². The molecule has 0 radical (unpaired) electrons. The molecule has 0 N–H and O–H groups in total. The van der Waals surface area contributed by atoms with Crippen LogP contribution in [0.25, 0.3) is 0 Å². The smallest absolute Gasteiger partial charge is 0.334 e. The van der Waals surface area contributed by atoms with Crippen molar-refractivity contribution in [2.24, 2.45) is 0 Å². The van der Waals surface area contributed by atoms with Crippen molar-refractivity contribution in [1.29, 1.82) is 0 Å². The topological polar surface area (TPSA) is 20.3 Å². The Balaban J connectivity index is 2.54. The molecule has 0 saturated heterocycles. The van der Waals surface area contributed by atoms with Crippen molar-refractivity contribution in [3.05, 3.63) is 34.9 Å². The average molecular weight is 294 g/mol. The van der Waals surface area contributed by atoms with Crippen LogP contribution in [0.3, 0.4) is 0 Å². The van der Waals surface area contributed by atoms with Gasteiger partial charge in [-0.05, 0) is 31.0 Å². The van der Waals surface area contributed by atoms with Crippen LogP contribution in [-0.4, -0.2) is 30.1 Å². The molecule has 0 aliphatic rings. The van der Waals surface area contributed by atoms with Gasteiger partial charge in [0.25, 0.3) is 0 Å². The molecule has 106 valence electrons. The number of hydrogen-bond acceptors (Lipinski definition) is 1. The number of alkyl halides is 3. The van der Waals surface area contributed by atoms with Gasteiger partial charge >= 0.3 is 6.18 Å². The first kappa shape index (κ1) is 15.8. The Bertz CT molecular complexity index is 434. The van der Waals surface area contributed by atoms with Gasteiger partial charge in [-0.15, -0.1) is 0 Å². The highest BCUT2D eigenvalue weighted by Crippen LogP contribution is 2.18. The van der Waals surface area contributed by atoms with E-state index in [4.69, 9.17) is 11.6 Å². The third kappa shape index (κ3) is 5.96. The molecule has 6 heteroatoms. The van der Waals surface area contributed by atoms with Gasteiger partial charge in [0.05, 0.1) is 0 Å². The summed E-state index contributed by atoms with van der Waals surface area (Å²) in [6.07, 6.45) is -3.93. The van der Waals surface area contributed by atoms with E-state index in [-0.39, 0.29) is 13.0 Å². The van der Waals surface area contributed by atoms with Gasteiger partial charge in [0.15, 0.2) is 0 Å². The Kier molecular flexibility index (Phi) is 5.66. The molecule has 0 unspecified atom stereocenters. The highest BCUT2D eigenvalue weighted by molar-refractivity contribution is 6.30. The Hall–Kier alpha value is -1.23. The summed E-state index contributed by atoms with van der Waals surface area (Å²) < 4.78 is 36.8. The molecule has 0 aromatic heterocycles. The summed E-state index contributed by atoms with van der Waals surface area (Å²) in [4.78, 5) is 12.5. The maximum Gasteiger partial charge on any atom is 0.406 e. The van der Waals surface area contributed by atoms with Crippen molar-refractivity contribution in [3.63, 3.8) is 0 Å². The quantitative estimate of drug-likeness (QED) is 0.811. The second kappa shape index (κ2) is 6.80. The number of aryl methyl sites for hydroxylation is 1. The molecule has 1 rings (SSSR count). The number of hydrogen-bond donors (Lipinski definition) is 0. The largest absolute Gasteiger partial charge is 0.406 e. The van der Waals surface area contributed by atoms with Crippen LogP contribution in [0.5, 0.6) is 0 Å². The molecule has 19 heavy (non-hydrogen) atoms. The Morgan fingerprint density at radius 1 is 1.37 bits per heavy atom. The molecule has 0 aliphatic carbocycles. The lowest BCUT2D eigenvalue weighted by molar-refractivity contribution is -0.160. The van der Waals surface area contributed by atoms with Gasteiger partial charge in [0.1, 0.15) is 6.54 Å². The van der Waals surface area contributed by atoms with E-state index < -0.39 is 18.6 Å². The minimum absolute atomic E-state index is 0.0459. The number of carbonyl (C=O) groups excluding carboxylic acids is 1. The molecule has 0 heterocycles. The highest BCUT2D eigenvalue weighted by atomic mass is 35.5. The molecule has 0 bridgehead atoms. The maximum absolute atomic E-state index is 12.3. The summed E-state index contributed by atoms with van der Waals surface area (Å²) in [7, 11) is 0. The molecule has 0 spiro atoms. The molecule has 0 fully saturated rings. The summed E-state index contributed by atoms with van der Waals surface area (Å²) in [6.45, 7) is 0.384. The minimum Gasteiger partial charge on any atom is -0.334 e. The zero-order chi connectivity index (χ0) is 14.5. The van der Waals surface area contributed by atoms with E-state index in [2.05, 4.69) is 0 Å². The number of carbonyl (C=O) groups is 1. The number of amides is 1. The van der Waals surface area contributed by atoms with E-state index >= 15 is 0 Å². The van der Waals surface area contributed by atoms with Crippen LogP contribution in [0, 0.1) is 0 Å². The van der Waals surface area contributed by atoms with Gasteiger partial charge in [0.2, 0.25) is 5.91 Å². The average Bonchev–Trinajstić information content (AvgIpc) is 2.32. The molecule has 1 aromatic carbocycles. The fourth-order valence-electron chi connectivity index (χ4n) is 1.69. The van der Waals surface area contributed by atoms with Crippen molar-refractivity contribution in [3.8, 4) is 0 Å². The fraction of sp³-hybridized carbons (Fsp3) is 0.462. The van der Waals surface area contributed by atoms with Gasteiger partial charge in [-0.25, -0.2) is 0 Å². The van der Waals surface area contributed by atoms with Crippen molar-refractivity contribution in [2.45, 2.75) is 25.9 Å². The van der Waals surface area contributed by atoms with Crippen LogP contribution in [0.2, 0.25) is 5.02 Å². The van der Waals surface area contributed by atoms with Crippen molar-refractivity contribution < 1.29 is 18.0 Å². The van der Waals surface area contributed by atoms with E-state index in [1.807, 2.05) is 0 Å². The van der Waals surface area contributed by atoms with Crippen LogP contribution in [0.15, 0.2) is 24.3 Å². The van der Waals surface area contributed by atoms with E-state index in [0.717, 1.165) is 10.5 Å². The molecule has 1 aromatic rings. The number of rotatable bonds is 5. The number of halogens is 4. The van der Waals surface area contributed by atoms with Gasteiger partial charge in [-0.1, -0.05) is 23.7 Å². The SMILES string of the molecule is CCN(CC(F)(F)F)C(=O)CCc1cccc(Cl)c1. The van der Waals surface area contributed by atoms with Gasteiger partial charge in [0, 0.05) is 18.0 Å². The van der Waals surface area contributed by atoms with Crippen LogP contribution in [-0.2, 0) is 11.2 Å². The second-order valence-corrected chi connectivity index (χ2v) is 4.59. The highest BCUT2D eigenvalue weighted by Gasteiger charge is 2.31. The second-order valence-electron chi connectivity index (χ2n) is 4.15. The Morgan fingerprint density at radius 3 is 2.58 bits per heavy atom. The summed E-state index contributed by atoms with van der Waals surface area (Å²) in [5, 5.41) is 0.549. The molecule has 0 saturated carbocycles. The van der Waals surface area contributed by atoms with Crippen LogP contribution in [0.4, 0.5) is 13.2 Å². The van der Waals surface area contributed by atoms with Gasteiger partial charge < -0.3 is 4.90 Å². The van der Waals surface area contributed by atoms with E-state index in [9.17, 15) is 18.0 Å². The van der Waals surface area contributed by atoms with Crippen LogP contribution < -0.4 is 0 Å². The standard InChI is InChI=1S/C13H15ClF3NO/c1-2-18(9-13(15,16)17)12(19)7-6-10-4-3-5-11(14)8-10/h3-5,8H,2,6-7,9H2,1H3. The third-order valence-electron chi connectivity index (χ3n) is 2.62. The molecular weight excluding hydrogens is 279 g/mol. The summed E-state index contributed by atoms with van der Waals surface area (Å²) in [5.41, 5.74) is 0.837. The summed E-state index contributed by atoms with van der Waals surface area (Å²) in [6, 6.07) is 6.94. The van der Waals surface area contributed by atoms with Crippen LogP contribution in [0.1, 0.15) is 18.9 Å². The summed E-state index contributed by atoms with van der Waals surface area (Å²) in [5.74, 6) is -0.500. The number of benzene rings is 1.